The van der Waals surface area contributed by atoms with Gasteiger partial charge in [-0.1, -0.05) is 13.8 Å². The van der Waals surface area contributed by atoms with Gasteiger partial charge in [0.1, 0.15) is 5.37 Å². The van der Waals surface area contributed by atoms with Gasteiger partial charge in [-0.2, -0.15) is 11.3 Å². The molecule has 0 bridgehead atoms. The van der Waals surface area contributed by atoms with Crippen LogP contribution in [-0.4, -0.2) is 47.6 Å². The highest BCUT2D eigenvalue weighted by molar-refractivity contribution is 8.00. The Morgan fingerprint density at radius 2 is 2.22 bits per heavy atom. The molecular formula is C13H20N2OS2. The molecule has 0 N–H and O–H groups in total. The summed E-state index contributed by atoms with van der Waals surface area (Å²) in [6.45, 7) is 8.25. The lowest BCUT2D eigenvalue weighted by molar-refractivity contribution is -0.128. The molecule has 1 amide bonds. The number of likely N-dealkylation sites (N-methyl/N-ethyl adjacent to an activating group) is 1. The summed E-state index contributed by atoms with van der Waals surface area (Å²) in [6, 6.07) is 2.13. The Morgan fingerprint density at radius 3 is 2.83 bits per heavy atom. The first-order chi connectivity index (χ1) is 8.76. The van der Waals surface area contributed by atoms with Crippen LogP contribution in [0.4, 0.5) is 0 Å². The summed E-state index contributed by atoms with van der Waals surface area (Å²) in [6.07, 6.45) is 0. The van der Waals surface area contributed by atoms with Crippen molar-refractivity contribution in [3.63, 3.8) is 0 Å². The second-order valence-electron chi connectivity index (χ2n) is 4.33. The summed E-state index contributed by atoms with van der Waals surface area (Å²) < 4.78 is 0. The van der Waals surface area contributed by atoms with Crippen LogP contribution in [0.2, 0.25) is 0 Å². The second kappa shape index (κ2) is 6.59. The molecule has 1 saturated heterocycles. The zero-order valence-electron chi connectivity index (χ0n) is 11.0. The first-order valence-electron chi connectivity index (χ1n) is 6.41. The topological polar surface area (TPSA) is 23.6 Å². The molecule has 1 aliphatic rings. The van der Waals surface area contributed by atoms with Crippen LogP contribution in [0.25, 0.3) is 0 Å². The van der Waals surface area contributed by atoms with Gasteiger partial charge >= 0.3 is 0 Å². The van der Waals surface area contributed by atoms with Crippen LogP contribution in [0.3, 0.4) is 0 Å². The summed E-state index contributed by atoms with van der Waals surface area (Å²) in [5, 5.41) is 4.47. The van der Waals surface area contributed by atoms with E-state index in [4.69, 9.17) is 0 Å². The van der Waals surface area contributed by atoms with Crippen LogP contribution in [0, 0.1) is 0 Å². The van der Waals surface area contributed by atoms with Gasteiger partial charge in [-0.3, -0.25) is 4.79 Å². The Balaban J connectivity index is 1.98. The monoisotopic (exact) mass is 284 g/mol. The average Bonchev–Trinajstić information content (AvgIpc) is 3.00. The van der Waals surface area contributed by atoms with E-state index in [1.807, 2.05) is 4.90 Å². The summed E-state index contributed by atoms with van der Waals surface area (Å²) in [5.41, 5.74) is 1.27. The van der Waals surface area contributed by atoms with Gasteiger partial charge in [0.25, 0.3) is 0 Å². The van der Waals surface area contributed by atoms with Crippen molar-refractivity contribution in [1.29, 1.82) is 0 Å². The van der Waals surface area contributed by atoms with E-state index in [1.165, 1.54) is 5.56 Å². The number of nitrogens with zero attached hydrogens (tertiary/aromatic N) is 2. The molecule has 2 heterocycles. The highest BCUT2D eigenvalue weighted by Gasteiger charge is 2.32. The predicted molar refractivity (Wildman–Crippen MR) is 79.0 cm³/mol. The fourth-order valence-corrected chi connectivity index (χ4v) is 4.15. The SMILES string of the molecule is CCN(CC)CCN1C(=O)CSC1c1ccsc1. The number of amides is 1. The van der Waals surface area contributed by atoms with Gasteiger partial charge in [0.05, 0.1) is 5.75 Å². The van der Waals surface area contributed by atoms with Crippen LogP contribution >= 0.6 is 23.1 Å². The van der Waals surface area contributed by atoms with Crippen molar-refractivity contribution < 1.29 is 4.79 Å². The smallest absolute Gasteiger partial charge is 0.233 e. The second-order valence-corrected chi connectivity index (χ2v) is 6.18. The maximum Gasteiger partial charge on any atom is 0.233 e. The zero-order chi connectivity index (χ0) is 13.0. The molecule has 1 fully saturated rings. The van der Waals surface area contributed by atoms with Crippen LogP contribution in [0.1, 0.15) is 24.8 Å². The molecule has 0 aliphatic carbocycles. The fraction of sp³-hybridized carbons (Fsp3) is 0.615. The molecular weight excluding hydrogens is 264 g/mol. The van der Waals surface area contributed by atoms with E-state index in [0.29, 0.717) is 5.75 Å². The molecule has 2 rings (SSSR count). The van der Waals surface area contributed by atoms with Gasteiger partial charge in [-0.05, 0) is 35.5 Å². The van der Waals surface area contributed by atoms with Crippen LogP contribution in [0.15, 0.2) is 16.8 Å². The third kappa shape index (κ3) is 3.08. The maximum absolute atomic E-state index is 12.0. The highest BCUT2D eigenvalue weighted by Crippen LogP contribution is 2.39. The minimum Gasteiger partial charge on any atom is -0.325 e. The van der Waals surface area contributed by atoms with Gasteiger partial charge in [0.2, 0.25) is 5.91 Å². The van der Waals surface area contributed by atoms with Crippen molar-refractivity contribution in [2.45, 2.75) is 19.2 Å². The number of hydrogen-bond donors (Lipinski definition) is 0. The lowest BCUT2D eigenvalue weighted by Gasteiger charge is -2.27. The Labute approximate surface area is 117 Å². The number of carbonyl (C=O) groups is 1. The Kier molecular flexibility index (Phi) is 5.09. The van der Waals surface area contributed by atoms with E-state index in [2.05, 4.69) is 35.6 Å². The van der Waals surface area contributed by atoms with Crippen molar-refractivity contribution in [1.82, 2.24) is 9.80 Å². The first kappa shape index (κ1) is 13.9. The van der Waals surface area contributed by atoms with Crippen molar-refractivity contribution in [3.05, 3.63) is 22.4 Å². The van der Waals surface area contributed by atoms with Crippen LogP contribution < -0.4 is 0 Å². The predicted octanol–water partition coefficient (Wildman–Crippen LogP) is 2.66. The normalized spacial score (nSPS) is 20.1. The zero-order valence-corrected chi connectivity index (χ0v) is 12.6. The summed E-state index contributed by atoms with van der Waals surface area (Å²) >= 11 is 3.45. The van der Waals surface area contributed by atoms with Crippen LogP contribution in [0.5, 0.6) is 0 Å². The summed E-state index contributed by atoms with van der Waals surface area (Å²) in [4.78, 5) is 16.4. The lowest BCUT2D eigenvalue weighted by atomic mass is 10.3. The highest BCUT2D eigenvalue weighted by atomic mass is 32.2. The Morgan fingerprint density at radius 1 is 1.44 bits per heavy atom. The largest absolute Gasteiger partial charge is 0.325 e. The van der Waals surface area contributed by atoms with Gasteiger partial charge in [0, 0.05) is 13.1 Å². The van der Waals surface area contributed by atoms with E-state index in [-0.39, 0.29) is 11.3 Å². The number of thiophene rings is 1. The molecule has 18 heavy (non-hydrogen) atoms. The quantitative estimate of drug-likeness (QED) is 0.802. The number of hydrogen-bond acceptors (Lipinski definition) is 4. The molecule has 3 nitrogen and oxygen atoms in total. The molecule has 5 heteroatoms. The van der Waals surface area contributed by atoms with Gasteiger partial charge in [0.15, 0.2) is 0 Å². The van der Waals surface area contributed by atoms with Crippen molar-refractivity contribution in [2.75, 3.05) is 31.9 Å². The molecule has 1 atom stereocenters. The summed E-state index contributed by atoms with van der Waals surface area (Å²) in [7, 11) is 0. The molecule has 1 aromatic rings. The molecule has 0 aromatic carbocycles. The number of carbonyl (C=O) groups excluding carboxylic acids is 1. The average molecular weight is 284 g/mol. The van der Waals surface area contributed by atoms with Crippen LogP contribution in [-0.2, 0) is 4.79 Å². The maximum atomic E-state index is 12.0. The van der Waals surface area contributed by atoms with E-state index in [0.717, 1.165) is 26.2 Å². The molecule has 1 aliphatic heterocycles. The van der Waals surface area contributed by atoms with E-state index >= 15 is 0 Å². The molecule has 1 aromatic heterocycles. The van der Waals surface area contributed by atoms with Crippen molar-refractivity contribution in [2.24, 2.45) is 0 Å². The molecule has 0 radical (unpaired) electrons. The molecule has 100 valence electrons. The van der Waals surface area contributed by atoms with E-state index < -0.39 is 0 Å². The van der Waals surface area contributed by atoms with E-state index in [1.54, 1.807) is 23.1 Å². The molecule has 1 unspecified atom stereocenters. The number of rotatable bonds is 6. The minimum absolute atomic E-state index is 0.235. The standard InChI is InChI=1S/C13H20N2OS2/c1-3-14(4-2)6-7-15-12(16)10-18-13(15)11-5-8-17-9-11/h5,8-9,13H,3-4,6-7,10H2,1-2H3. The summed E-state index contributed by atoms with van der Waals surface area (Å²) in [5.74, 6) is 0.905. The van der Waals surface area contributed by atoms with Crippen molar-refractivity contribution in [3.8, 4) is 0 Å². The van der Waals surface area contributed by atoms with E-state index in [9.17, 15) is 4.79 Å². The fourth-order valence-electron chi connectivity index (χ4n) is 2.18. The lowest BCUT2D eigenvalue weighted by Crippen LogP contribution is -2.37. The third-order valence-electron chi connectivity index (χ3n) is 3.35. The molecule has 0 spiro atoms. The third-order valence-corrected chi connectivity index (χ3v) is 5.31. The Bertz CT molecular complexity index is 376. The number of thioether (sulfide) groups is 1. The van der Waals surface area contributed by atoms with Gasteiger partial charge in [-0.25, -0.2) is 0 Å². The first-order valence-corrected chi connectivity index (χ1v) is 8.41. The molecule has 0 saturated carbocycles. The van der Waals surface area contributed by atoms with Gasteiger partial charge in [-0.15, -0.1) is 11.8 Å². The Hall–Kier alpha value is -0.520. The van der Waals surface area contributed by atoms with Gasteiger partial charge < -0.3 is 9.80 Å². The van der Waals surface area contributed by atoms with Crippen molar-refractivity contribution >= 4 is 29.0 Å². The minimum atomic E-state index is 0.235.